The van der Waals surface area contributed by atoms with Crippen LogP contribution in [0.5, 0.6) is 17.2 Å². The number of carbonyl (C=O) groups is 2. The number of likely N-dealkylation sites (tertiary alicyclic amines) is 1. The van der Waals surface area contributed by atoms with Crippen LogP contribution in [-0.2, 0) is 11.3 Å². The number of anilines is 1. The second kappa shape index (κ2) is 11.3. The summed E-state index contributed by atoms with van der Waals surface area (Å²) in [4.78, 5) is 26.9. The SMILES string of the molecule is CCOc1c(OC)cc(CNC(=O)N2CCC(C(=O)Nc3ccccc3)CC2)cc1OC. The summed E-state index contributed by atoms with van der Waals surface area (Å²) in [7, 11) is 3.13. The predicted molar refractivity (Wildman–Crippen MR) is 122 cm³/mol. The molecule has 2 N–H and O–H groups in total. The molecule has 0 unspecified atom stereocenters. The normalized spacial score (nSPS) is 13.9. The lowest BCUT2D eigenvalue weighted by Gasteiger charge is -2.31. The Morgan fingerprint density at radius 3 is 2.22 bits per heavy atom. The maximum Gasteiger partial charge on any atom is 0.317 e. The topological polar surface area (TPSA) is 89.1 Å². The summed E-state index contributed by atoms with van der Waals surface area (Å²) in [6.45, 7) is 3.78. The minimum Gasteiger partial charge on any atom is -0.493 e. The number of methoxy groups -OCH3 is 2. The second-order valence-corrected chi connectivity index (χ2v) is 7.54. The van der Waals surface area contributed by atoms with Crippen LogP contribution < -0.4 is 24.8 Å². The molecule has 0 spiro atoms. The highest BCUT2D eigenvalue weighted by Crippen LogP contribution is 2.38. The maximum absolute atomic E-state index is 12.6. The number of piperidine rings is 1. The number of nitrogens with zero attached hydrogens (tertiary/aromatic N) is 1. The van der Waals surface area contributed by atoms with Crippen LogP contribution in [0.4, 0.5) is 10.5 Å². The van der Waals surface area contributed by atoms with Crippen molar-refractivity contribution in [3.63, 3.8) is 0 Å². The highest BCUT2D eigenvalue weighted by atomic mass is 16.5. The number of ether oxygens (including phenoxy) is 3. The van der Waals surface area contributed by atoms with Crippen molar-refractivity contribution in [3.8, 4) is 17.2 Å². The van der Waals surface area contributed by atoms with E-state index < -0.39 is 0 Å². The lowest BCUT2D eigenvalue weighted by Crippen LogP contribution is -2.45. The molecule has 1 aliphatic heterocycles. The van der Waals surface area contributed by atoms with Gasteiger partial charge in [-0.1, -0.05) is 18.2 Å². The zero-order valence-electron chi connectivity index (χ0n) is 18.8. The van der Waals surface area contributed by atoms with Gasteiger partial charge in [-0.3, -0.25) is 4.79 Å². The zero-order valence-corrected chi connectivity index (χ0v) is 18.8. The Morgan fingerprint density at radius 2 is 1.66 bits per heavy atom. The molecule has 1 saturated heterocycles. The third-order valence-corrected chi connectivity index (χ3v) is 5.45. The van der Waals surface area contributed by atoms with E-state index in [-0.39, 0.29) is 17.9 Å². The third kappa shape index (κ3) is 5.84. The van der Waals surface area contributed by atoms with E-state index >= 15 is 0 Å². The molecule has 3 rings (SSSR count). The first-order valence-corrected chi connectivity index (χ1v) is 10.8. The Morgan fingerprint density at radius 1 is 1.03 bits per heavy atom. The van der Waals surface area contributed by atoms with E-state index in [2.05, 4.69) is 10.6 Å². The van der Waals surface area contributed by atoms with Crippen LogP contribution in [0.1, 0.15) is 25.3 Å². The molecule has 0 atom stereocenters. The number of nitrogens with one attached hydrogen (secondary N) is 2. The quantitative estimate of drug-likeness (QED) is 0.653. The largest absolute Gasteiger partial charge is 0.493 e. The molecule has 2 aromatic carbocycles. The molecule has 0 bridgehead atoms. The number of hydrogen-bond acceptors (Lipinski definition) is 5. The first-order chi connectivity index (χ1) is 15.5. The standard InChI is InChI=1S/C24H31N3O5/c1-4-32-22-20(30-2)14-17(15-21(22)31-3)16-25-24(29)27-12-10-18(11-13-27)23(28)26-19-8-6-5-7-9-19/h5-9,14-15,18H,4,10-13,16H2,1-3H3,(H,25,29)(H,26,28). The molecular formula is C24H31N3O5. The van der Waals surface area contributed by atoms with Gasteiger partial charge in [0.15, 0.2) is 11.5 Å². The molecule has 0 saturated carbocycles. The maximum atomic E-state index is 12.6. The molecule has 172 valence electrons. The van der Waals surface area contributed by atoms with E-state index in [1.165, 1.54) is 0 Å². The molecular weight excluding hydrogens is 410 g/mol. The smallest absolute Gasteiger partial charge is 0.317 e. The fraction of sp³-hybridized carbons (Fsp3) is 0.417. The average Bonchev–Trinajstić information content (AvgIpc) is 2.83. The van der Waals surface area contributed by atoms with Gasteiger partial charge in [0.2, 0.25) is 11.7 Å². The van der Waals surface area contributed by atoms with Crippen molar-refractivity contribution >= 4 is 17.6 Å². The Labute approximate surface area is 188 Å². The molecule has 3 amide bonds. The molecule has 1 aliphatic rings. The molecule has 8 nitrogen and oxygen atoms in total. The fourth-order valence-corrected chi connectivity index (χ4v) is 3.72. The number of amides is 3. The highest BCUT2D eigenvalue weighted by Gasteiger charge is 2.27. The van der Waals surface area contributed by atoms with Crippen molar-refractivity contribution in [1.82, 2.24) is 10.2 Å². The van der Waals surface area contributed by atoms with Crippen LogP contribution in [0.25, 0.3) is 0 Å². The van der Waals surface area contributed by atoms with Crippen molar-refractivity contribution in [2.75, 3.05) is 39.2 Å². The average molecular weight is 442 g/mol. The van der Waals surface area contributed by atoms with Crippen molar-refractivity contribution in [3.05, 3.63) is 48.0 Å². The van der Waals surface area contributed by atoms with Crippen LogP contribution in [0, 0.1) is 5.92 Å². The molecule has 0 aliphatic carbocycles. The summed E-state index contributed by atoms with van der Waals surface area (Å²) in [5.74, 6) is 1.56. The highest BCUT2D eigenvalue weighted by molar-refractivity contribution is 5.92. The van der Waals surface area contributed by atoms with Gasteiger partial charge in [-0.05, 0) is 49.6 Å². The van der Waals surface area contributed by atoms with E-state index in [4.69, 9.17) is 14.2 Å². The van der Waals surface area contributed by atoms with E-state index in [9.17, 15) is 9.59 Å². The van der Waals surface area contributed by atoms with E-state index in [0.29, 0.717) is 56.3 Å². The van der Waals surface area contributed by atoms with Gasteiger partial charge in [0.05, 0.1) is 20.8 Å². The summed E-state index contributed by atoms with van der Waals surface area (Å²) in [6.07, 6.45) is 1.27. The van der Waals surface area contributed by atoms with Gasteiger partial charge in [0.25, 0.3) is 0 Å². The zero-order chi connectivity index (χ0) is 22.9. The summed E-state index contributed by atoms with van der Waals surface area (Å²) >= 11 is 0. The van der Waals surface area contributed by atoms with Gasteiger partial charge in [-0.2, -0.15) is 0 Å². The Balaban J connectivity index is 1.51. The molecule has 8 heteroatoms. The van der Waals surface area contributed by atoms with Crippen LogP contribution in [0.2, 0.25) is 0 Å². The first-order valence-electron chi connectivity index (χ1n) is 10.8. The van der Waals surface area contributed by atoms with Crippen molar-refractivity contribution < 1.29 is 23.8 Å². The van der Waals surface area contributed by atoms with Gasteiger partial charge in [-0.25, -0.2) is 4.79 Å². The van der Waals surface area contributed by atoms with Crippen molar-refractivity contribution in [2.45, 2.75) is 26.3 Å². The van der Waals surface area contributed by atoms with E-state index in [1.807, 2.05) is 49.4 Å². The van der Waals surface area contributed by atoms with Gasteiger partial charge in [0.1, 0.15) is 0 Å². The Kier molecular flexibility index (Phi) is 8.19. The molecule has 1 fully saturated rings. The van der Waals surface area contributed by atoms with Gasteiger partial charge < -0.3 is 29.7 Å². The van der Waals surface area contributed by atoms with Crippen LogP contribution >= 0.6 is 0 Å². The monoisotopic (exact) mass is 441 g/mol. The molecule has 32 heavy (non-hydrogen) atoms. The minimum atomic E-state index is -0.154. The van der Waals surface area contributed by atoms with Crippen LogP contribution in [0.3, 0.4) is 0 Å². The lowest BCUT2D eigenvalue weighted by atomic mass is 9.96. The molecule has 0 aromatic heterocycles. The molecule has 1 heterocycles. The fourth-order valence-electron chi connectivity index (χ4n) is 3.72. The van der Waals surface area contributed by atoms with E-state index in [1.54, 1.807) is 19.1 Å². The Bertz CT molecular complexity index is 886. The van der Waals surface area contributed by atoms with E-state index in [0.717, 1.165) is 11.3 Å². The number of carbonyl (C=O) groups excluding carboxylic acids is 2. The number of hydrogen-bond donors (Lipinski definition) is 2. The predicted octanol–water partition coefficient (Wildman–Crippen LogP) is 3.66. The summed E-state index contributed by atoms with van der Waals surface area (Å²) < 4.78 is 16.4. The number of rotatable bonds is 8. The second-order valence-electron chi connectivity index (χ2n) is 7.54. The summed E-state index contributed by atoms with van der Waals surface area (Å²) in [5, 5.41) is 5.89. The lowest BCUT2D eigenvalue weighted by molar-refractivity contribution is -0.121. The van der Waals surface area contributed by atoms with Crippen LogP contribution in [0.15, 0.2) is 42.5 Å². The number of para-hydroxylation sites is 1. The summed E-state index contributed by atoms with van der Waals surface area (Å²) in [5.41, 5.74) is 1.63. The minimum absolute atomic E-state index is 0.00448. The Hall–Kier alpha value is -3.42. The number of urea groups is 1. The molecule has 0 radical (unpaired) electrons. The van der Waals surface area contributed by atoms with Crippen LogP contribution in [-0.4, -0.2) is 50.8 Å². The van der Waals surface area contributed by atoms with Gasteiger partial charge in [-0.15, -0.1) is 0 Å². The number of benzene rings is 2. The van der Waals surface area contributed by atoms with Gasteiger partial charge in [0, 0.05) is 31.2 Å². The first kappa shape index (κ1) is 23.2. The van der Waals surface area contributed by atoms with Crippen molar-refractivity contribution in [2.24, 2.45) is 5.92 Å². The van der Waals surface area contributed by atoms with Gasteiger partial charge >= 0.3 is 6.03 Å². The summed E-state index contributed by atoms with van der Waals surface area (Å²) in [6, 6.07) is 12.9. The molecule has 2 aromatic rings. The van der Waals surface area contributed by atoms with Crippen molar-refractivity contribution in [1.29, 1.82) is 0 Å². The third-order valence-electron chi connectivity index (χ3n) is 5.45.